The number of carbonyl (C=O) groups is 1. The van der Waals surface area contributed by atoms with Gasteiger partial charge in [-0.15, -0.1) is 5.10 Å². The molecule has 0 aliphatic carbocycles. The van der Waals surface area contributed by atoms with Crippen LogP contribution < -0.4 is 14.8 Å². The highest BCUT2D eigenvalue weighted by Crippen LogP contribution is 2.29. The predicted molar refractivity (Wildman–Crippen MR) is 107 cm³/mol. The summed E-state index contributed by atoms with van der Waals surface area (Å²) < 4.78 is 12.2. The first kappa shape index (κ1) is 19.7. The number of aryl methyl sites for hydroxylation is 1. The average Bonchev–Trinajstić information content (AvgIpc) is 3.09. The Hall–Kier alpha value is -3.06. The molecule has 146 valence electrons. The van der Waals surface area contributed by atoms with Crippen molar-refractivity contribution in [3.05, 3.63) is 64.7 Å². The van der Waals surface area contributed by atoms with Crippen LogP contribution in [0.15, 0.2) is 42.5 Å². The molecule has 1 atom stereocenters. The Morgan fingerprint density at radius 3 is 2.43 bits per heavy atom. The molecule has 3 aromatic rings. The smallest absolute Gasteiger partial charge is 0.291 e. The number of hydrogen-bond donors (Lipinski definition) is 1. The standard InChI is InChI=1S/C20H21ClN4O3/c1-12(14-5-10-17(27-3)18(11-14)28-4)22-20(26)19-23-13(2)25(24-19)16-8-6-15(21)7-9-16/h5-12H,1-4H3,(H,22,26). The van der Waals surface area contributed by atoms with E-state index in [0.717, 1.165) is 11.3 Å². The van der Waals surface area contributed by atoms with E-state index in [-0.39, 0.29) is 17.8 Å². The SMILES string of the molecule is COc1ccc(C(C)NC(=O)c2nc(C)n(-c3ccc(Cl)cc3)n2)cc1OC. The van der Waals surface area contributed by atoms with Gasteiger partial charge in [-0.3, -0.25) is 4.79 Å². The molecule has 0 aliphatic rings. The molecule has 7 nitrogen and oxygen atoms in total. The monoisotopic (exact) mass is 400 g/mol. The van der Waals surface area contributed by atoms with Crippen LogP contribution in [0.5, 0.6) is 11.5 Å². The fourth-order valence-electron chi connectivity index (χ4n) is 2.78. The molecule has 0 fully saturated rings. The van der Waals surface area contributed by atoms with Crippen LogP contribution >= 0.6 is 11.6 Å². The van der Waals surface area contributed by atoms with Crippen LogP contribution in [-0.2, 0) is 0 Å². The van der Waals surface area contributed by atoms with E-state index in [9.17, 15) is 4.79 Å². The molecule has 2 aromatic carbocycles. The van der Waals surface area contributed by atoms with E-state index in [1.165, 1.54) is 0 Å². The van der Waals surface area contributed by atoms with E-state index >= 15 is 0 Å². The van der Waals surface area contributed by atoms with Gasteiger partial charge in [0.2, 0.25) is 5.82 Å². The molecule has 1 unspecified atom stereocenters. The molecule has 1 heterocycles. The van der Waals surface area contributed by atoms with Crippen molar-refractivity contribution in [2.45, 2.75) is 19.9 Å². The Labute approximate surface area is 168 Å². The predicted octanol–water partition coefficient (Wildman–Crippen LogP) is 3.74. The Bertz CT molecular complexity index is 986. The summed E-state index contributed by atoms with van der Waals surface area (Å²) in [6.45, 7) is 3.67. The summed E-state index contributed by atoms with van der Waals surface area (Å²) >= 11 is 5.92. The van der Waals surface area contributed by atoms with Crippen molar-refractivity contribution in [2.75, 3.05) is 14.2 Å². The zero-order valence-electron chi connectivity index (χ0n) is 16.1. The number of benzene rings is 2. The normalized spacial score (nSPS) is 11.8. The van der Waals surface area contributed by atoms with Crippen molar-refractivity contribution in [1.29, 1.82) is 0 Å². The average molecular weight is 401 g/mol. The van der Waals surface area contributed by atoms with Crippen molar-refractivity contribution in [3.8, 4) is 17.2 Å². The molecule has 0 radical (unpaired) electrons. The van der Waals surface area contributed by atoms with Gasteiger partial charge in [-0.25, -0.2) is 9.67 Å². The number of rotatable bonds is 6. The van der Waals surface area contributed by atoms with Gasteiger partial charge in [0, 0.05) is 5.02 Å². The Morgan fingerprint density at radius 2 is 1.79 bits per heavy atom. The molecule has 0 bridgehead atoms. The van der Waals surface area contributed by atoms with E-state index in [1.54, 1.807) is 44.0 Å². The molecule has 0 saturated carbocycles. The van der Waals surface area contributed by atoms with Gasteiger partial charge in [0.25, 0.3) is 5.91 Å². The lowest BCUT2D eigenvalue weighted by Gasteiger charge is -2.15. The second kappa shape index (κ2) is 8.31. The molecule has 0 saturated heterocycles. The second-order valence-electron chi connectivity index (χ2n) is 6.18. The third-order valence-electron chi connectivity index (χ3n) is 4.30. The third-order valence-corrected chi connectivity index (χ3v) is 4.55. The van der Waals surface area contributed by atoms with Crippen LogP contribution in [0.3, 0.4) is 0 Å². The topological polar surface area (TPSA) is 78.3 Å². The fraction of sp³-hybridized carbons (Fsp3) is 0.250. The van der Waals surface area contributed by atoms with Gasteiger partial charge in [0.05, 0.1) is 25.9 Å². The molecule has 28 heavy (non-hydrogen) atoms. The summed E-state index contributed by atoms with van der Waals surface area (Å²) in [6.07, 6.45) is 0. The minimum absolute atomic E-state index is 0.0970. The van der Waals surface area contributed by atoms with E-state index < -0.39 is 0 Å². The highest BCUT2D eigenvalue weighted by Gasteiger charge is 2.19. The number of aromatic nitrogens is 3. The lowest BCUT2D eigenvalue weighted by molar-refractivity contribution is 0.0929. The molecule has 1 aromatic heterocycles. The Morgan fingerprint density at radius 1 is 1.11 bits per heavy atom. The maximum absolute atomic E-state index is 12.6. The van der Waals surface area contributed by atoms with Crippen molar-refractivity contribution in [1.82, 2.24) is 20.1 Å². The molecule has 8 heteroatoms. The minimum Gasteiger partial charge on any atom is -0.493 e. The lowest BCUT2D eigenvalue weighted by Crippen LogP contribution is -2.27. The van der Waals surface area contributed by atoms with Crippen LogP contribution in [0, 0.1) is 6.92 Å². The lowest BCUT2D eigenvalue weighted by atomic mass is 10.1. The minimum atomic E-state index is -0.363. The number of halogens is 1. The highest BCUT2D eigenvalue weighted by molar-refractivity contribution is 6.30. The summed E-state index contributed by atoms with van der Waals surface area (Å²) in [5.74, 6) is 1.56. The third kappa shape index (κ3) is 4.09. The molecule has 1 N–H and O–H groups in total. The highest BCUT2D eigenvalue weighted by atomic mass is 35.5. The molecule has 1 amide bonds. The van der Waals surface area contributed by atoms with Crippen LogP contribution in [0.4, 0.5) is 0 Å². The second-order valence-corrected chi connectivity index (χ2v) is 6.62. The first-order chi connectivity index (χ1) is 13.4. The van der Waals surface area contributed by atoms with Gasteiger partial charge >= 0.3 is 0 Å². The molecular formula is C20H21ClN4O3. The fourth-order valence-corrected chi connectivity index (χ4v) is 2.91. The summed E-state index contributed by atoms with van der Waals surface area (Å²) in [5, 5.41) is 7.86. The van der Waals surface area contributed by atoms with Gasteiger partial charge in [0.15, 0.2) is 11.5 Å². The van der Waals surface area contributed by atoms with Crippen LogP contribution in [0.2, 0.25) is 5.02 Å². The quantitative estimate of drug-likeness (QED) is 0.682. The molecule has 0 spiro atoms. The van der Waals surface area contributed by atoms with E-state index in [1.807, 2.05) is 31.2 Å². The summed E-state index contributed by atoms with van der Waals surface area (Å²) in [6, 6.07) is 12.4. The first-order valence-corrected chi connectivity index (χ1v) is 9.03. The van der Waals surface area contributed by atoms with Gasteiger partial charge in [-0.2, -0.15) is 0 Å². The van der Waals surface area contributed by atoms with Crippen molar-refractivity contribution < 1.29 is 14.3 Å². The maximum atomic E-state index is 12.6. The van der Waals surface area contributed by atoms with E-state index in [0.29, 0.717) is 22.3 Å². The number of ether oxygens (including phenoxy) is 2. The summed E-state index contributed by atoms with van der Waals surface area (Å²) in [4.78, 5) is 16.9. The molecule has 0 aliphatic heterocycles. The molecule has 3 rings (SSSR count). The Kier molecular flexibility index (Phi) is 5.84. The van der Waals surface area contributed by atoms with Gasteiger partial charge < -0.3 is 14.8 Å². The summed E-state index contributed by atoms with van der Waals surface area (Å²) in [7, 11) is 3.15. The van der Waals surface area contributed by atoms with Crippen LogP contribution in [-0.4, -0.2) is 34.9 Å². The van der Waals surface area contributed by atoms with Gasteiger partial charge in [-0.05, 0) is 55.8 Å². The zero-order chi connectivity index (χ0) is 20.3. The zero-order valence-corrected chi connectivity index (χ0v) is 16.8. The number of methoxy groups -OCH3 is 2. The van der Waals surface area contributed by atoms with Gasteiger partial charge in [-0.1, -0.05) is 17.7 Å². The van der Waals surface area contributed by atoms with Crippen molar-refractivity contribution in [3.63, 3.8) is 0 Å². The summed E-state index contributed by atoms with van der Waals surface area (Å²) in [5.41, 5.74) is 1.65. The number of carbonyl (C=O) groups excluding carboxylic acids is 1. The number of hydrogen-bond acceptors (Lipinski definition) is 5. The largest absolute Gasteiger partial charge is 0.493 e. The first-order valence-electron chi connectivity index (χ1n) is 8.65. The van der Waals surface area contributed by atoms with Crippen molar-refractivity contribution >= 4 is 17.5 Å². The van der Waals surface area contributed by atoms with E-state index in [4.69, 9.17) is 21.1 Å². The number of nitrogens with one attached hydrogen (secondary N) is 1. The number of nitrogens with zero attached hydrogens (tertiary/aromatic N) is 3. The molecular weight excluding hydrogens is 380 g/mol. The Balaban J connectivity index is 1.78. The van der Waals surface area contributed by atoms with E-state index in [2.05, 4.69) is 15.4 Å². The van der Waals surface area contributed by atoms with Gasteiger partial charge in [0.1, 0.15) is 5.82 Å². The van der Waals surface area contributed by atoms with Crippen LogP contribution in [0.25, 0.3) is 5.69 Å². The maximum Gasteiger partial charge on any atom is 0.291 e. The number of amides is 1. The van der Waals surface area contributed by atoms with Crippen LogP contribution in [0.1, 0.15) is 35.0 Å². The van der Waals surface area contributed by atoms with Crippen molar-refractivity contribution in [2.24, 2.45) is 0 Å².